The van der Waals surface area contributed by atoms with Crippen LogP contribution in [0.4, 0.5) is 16.2 Å². The van der Waals surface area contributed by atoms with E-state index in [0.29, 0.717) is 18.8 Å². The van der Waals surface area contributed by atoms with Crippen molar-refractivity contribution in [1.82, 2.24) is 4.98 Å². The van der Waals surface area contributed by atoms with Crippen molar-refractivity contribution < 1.29 is 14.5 Å². The van der Waals surface area contributed by atoms with Crippen LogP contribution >= 0.6 is 0 Å². The number of primary amides is 1. The van der Waals surface area contributed by atoms with Crippen molar-refractivity contribution >= 4 is 17.5 Å². The Labute approximate surface area is 127 Å². The number of carbonyl (C=O) groups is 1. The third kappa shape index (κ3) is 2.68. The zero-order chi connectivity index (χ0) is 15.7. The Hall–Kier alpha value is -2.38. The molecule has 1 amide bonds. The third-order valence-electron chi connectivity index (χ3n) is 4.23. The van der Waals surface area contributed by atoms with Crippen LogP contribution in [0.25, 0.3) is 0 Å². The largest absolute Gasteiger partial charge is 0.445 e. The number of pyridine rings is 1. The summed E-state index contributed by atoms with van der Waals surface area (Å²) in [7, 11) is 0. The summed E-state index contributed by atoms with van der Waals surface area (Å²) >= 11 is 0. The summed E-state index contributed by atoms with van der Waals surface area (Å²) in [4.78, 5) is 28.1. The highest BCUT2D eigenvalue weighted by molar-refractivity contribution is 5.70. The molecule has 1 atom stereocenters. The number of anilines is 1. The molecule has 22 heavy (non-hydrogen) atoms. The van der Waals surface area contributed by atoms with Gasteiger partial charge in [-0.2, -0.15) is 0 Å². The molecule has 2 aliphatic rings. The van der Waals surface area contributed by atoms with Crippen molar-refractivity contribution in [2.75, 3.05) is 18.0 Å². The first-order valence-electron chi connectivity index (χ1n) is 7.42. The van der Waals surface area contributed by atoms with Gasteiger partial charge in [0.05, 0.1) is 11.5 Å². The lowest BCUT2D eigenvalue weighted by atomic mass is 10.0. The van der Waals surface area contributed by atoms with Crippen LogP contribution in [0.3, 0.4) is 0 Å². The van der Waals surface area contributed by atoms with Crippen molar-refractivity contribution in [3.8, 4) is 0 Å². The predicted molar refractivity (Wildman–Crippen MR) is 78.8 cm³/mol. The molecule has 8 nitrogen and oxygen atoms in total. The fourth-order valence-electron chi connectivity index (χ4n) is 3.37. The minimum absolute atomic E-state index is 0.0281. The molecule has 118 valence electrons. The van der Waals surface area contributed by atoms with Gasteiger partial charge in [0.2, 0.25) is 0 Å². The molecule has 1 saturated heterocycles. The zero-order valence-corrected chi connectivity index (χ0v) is 12.2. The first-order chi connectivity index (χ1) is 10.6. The number of fused-ring (bicyclic) bond motifs is 1. The SMILES string of the molecule is NC(=O)O[C@H]1CCCN(c2c([N+](=O)[O-])cnc3c2CCC3)C1. The molecule has 0 saturated carbocycles. The maximum atomic E-state index is 11.4. The van der Waals surface area contributed by atoms with Crippen molar-refractivity contribution in [2.45, 2.75) is 38.2 Å². The van der Waals surface area contributed by atoms with E-state index in [0.717, 1.165) is 43.4 Å². The van der Waals surface area contributed by atoms with E-state index < -0.39 is 6.09 Å². The zero-order valence-electron chi connectivity index (χ0n) is 12.2. The highest BCUT2D eigenvalue weighted by atomic mass is 16.6. The second-order valence-electron chi connectivity index (χ2n) is 5.68. The van der Waals surface area contributed by atoms with Crippen molar-refractivity contribution in [3.05, 3.63) is 27.6 Å². The summed E-state index contributed by atoms with van der Waals surface area (Å²) in [5.74, 6) is 0. The van der Waals surface area contributed by atoms with Crippen LogP contribution in [0, 0.1) is 10.1 Å². The van der Waals surface area contributed by atoms with Crippen LogP contribution in [-0.4, -0.2) is 35.2 Å². The standard InChI is InChI=1S/C14H18N4O4/c15-14(19)22-9-3-2-6-17(8-9)13-10-4-1-5-11(10)16-7-12(13)18(20)21/h7,9H,1-6,8H2,(H2,15,19)/t9-/m0/s1. The summed E-state index contributed by atoms with van der Waals surface area (Å²) in [5.41, 5.74) is 7.66. The van der Waals surface area contributed by atoms with Gasteiger partial charge in [0, 0.05) is 17.8 Å². The van der Waals surface area contributed by atoms with Crippen LogP contribution in [0.5, 0.6) is 0 Å². The Kier molecular flexibility index (Phi) is 3.82. The Morgan fingerprint density at radius 1 is 1.45 bits per heavy atom. The number of aryl methyl sites for hydroxylation is 1. The molecule has 2 heterocycles. The topological polar surface area (TPSA) is 112 Å². The van der Waals surface area contributed by atoms with Gasteiger partial charge in [-0.15, -0.1) is 0 Å². The Morgan fingerprint density at radius 3 is 3.00 bits per heavy atom. The molecule has 0 bridgehead atoms. The van der Waals surface area contributed by atoms with E-state index in [4.69, 9.17) is 10.5 Å². The van der Waals surface area contributed by atoms with Gasteiger partial charge >= 0.3 is 11.8 Å². The predicted octanol–water partition coefficient (Wildman–Crippen LogP) is 1.54. The van der Waals surface area contributed by atoms with Gasteiger partial charge in [-0.25, -0.2) is 4.79 Å². The van der Waals surface area contributed by atoms with Gasteiger partial charge in [0.25, 0.3) is 0 Å². The number of nitrogens with two attached hydrogens (primary N) is 1. The molecule has 2 N–H and O–H groups in total. The molecular weight excluding hydrogens is 288 g/mol. The van der Waals surface area contributed by atoms with Crippen LogP contribution in [-0.2, 0) is 17.6 Å². The molecule has 1 fully saturated rings. The van der Waals surface area contributed by atoms with Crippen molar-refractivity contribution in [1.29, 1.82) is 0 Å². The van der Waals surface area contributed by atoms with E-state index in [1.807, 2.05) is 4.90 Å². The maximum Gasteiger partial charge on any atom is 0.404 e. The summed E-state index contributed by atoms with van der Waals surface area (Å²) in [6.45, 7) is 1.14. The summed E-state index contributed by atoms with van der Waals surface area (Å²) in [6, 6.07) is 0. The summed E-state index contributed by atoms with van der Waals surface area (Å²) < 4.78 is 5.07. The molecule has 0 unspecified atom stereocenters. The number of hydrogen-bond donors (Lipinski definition) is 1. The van der Waals surface area contributed by atoms with Gasteiger partial charge in [-0.3, -0.25) is 15.1 Å². The number of nitro groups is 1. The van der Waals surface area contributed by atoms with Crippen LogP contribution in [0.15, 0.2) is 6.20 Å². The number of carbonyl (C=O) groups excluding carboxylic acids is 1. The minimum Gasteiger partial charge on any atom is -0.445 e. The van der Waals surface area contributed by atoms with E-state index in [1.165, 1.54) is 6.20 Å². The second-order valence-corrected chi connectivity index (χ2v) is 5.68. The lowest BCUT2D eigenvalue weighted by Gasteiger charge is -2.34. The molecule has 1 aliphatic carbocycles. The number of hydrogen-bond acceptors (Lipinski definition) is 6. The average Bonchev–Trinajstić information content (AvgIpc) is 2.93. The van der Waals surface area contributed by atoms with E-state index >= 15 is 0 Å². The fourth-order valence-corrected chi connectivity index (χ4v) is 3.37. The van der Waals surface area contributed by atoms with Crippen molar-refractivity contribution in [3.63, 3.8) is 0 Å². The smallest absolute Gasteiger partial charge is 0.404 e. The molecule has 0 radical (unpaired) electrons. The average molecular weight is 306 g/mol. The molecule has 8 heteroatoms. The Morgan fingerprint density at radius 2 is 2.27 bits per heavy atom. The van der Waals surface area contributed by atoms with E-state index in [1.54, 1.807) is 0 Å². The number of amides is 1. The number of piperidine rings is 1. The van der Waals surface area contributed by atoms with Gasteiger partial charge in [0.1, 0.15) is 18.0 Å². The molecule has 0 aromatic carbocycles. The Balaban J connectivity index is 1.94. The van der Waals surface area contributed by atoms with E-state index in [-0.39, 0.29) is 16.7 Å². The normalized spacial score (nSPS) is 20.5. The summed E-state index contributed by atoms with van der Waals surface area (Å²) in [5, 5.41) is 11.4. The van der Waals surface area contributed by atoms with Gasteiger partial charge in [-0.1, -0.05) is 0 Å². The lowest BCUT2D eigenvalue weighted by molar-refractivity contribution is -0.384. The van der Waals surface area contributed by atoms with Crippen LogP contribution in [0.2, 0.25) is 0 Å². The quantitative estimate of drug-likeness (QED) is 0.669. The molecule has 0 spiro atoms. The molecule has 1 aromatic heterocycles. The second kappa shape index (κ2) is 5.78. The van der Waals surface area contributed by atoms with Gasteiger partial charge in [-0.05, 0) is 32.1 Å². The first-order valence-corrected chi connectivity index (χ1v) is 7.42. The van der Waals surface area contributed by atoms with Crippen LogP contribution < -0.4 is 10.6 Å². The highest BCUT2D eigenvalue weighted by Crippen LogP contribution is 2.38. The molecule has 3 rings (SSSR count). The summed E-state index contributed by atoms with van der Waals surface area (Å²) in [6.07, 6.45) is 4.36. The highest BCUT2D eigenvalue weighted by Gasteiger charge is 2.32. The molecule has 1 aliphatic heterocycles. The lowest BCUT2D eigenvalue weighted by Crippen LogP contribution is -2.42. The number of aromatic nitrogens is 1. The third-order valence-corrected chi connectivity index (χ3v) is 4.23. The van der Waals surface area contributed by atoms with Gasteiger partial charge in [0.15, 0.2) is 0 Å². The molecular formula is C14H18N4O4. The van der Waals surface area contributed by atoms with Gasteiger partial charge < -0.3 is 15.4 Å². The number of rotatable bonds is 3. The monoisotopic (exact) mass is 306 g/mol. The van der Waals surface area contributed by atoms with E-state index in [2.05, 4.69) is 4.98 Å². The molecule has 1 aromatic rings. The maximum absolute atomic E-state index is 11.4. The number of ether oxygens (including phenoxy) is 1. The Bertz CT molecular complexity index is 619. The number of nitrogens with zero attached hydrogens (tertiary/aromatic N) is 3. The fraction of sp³-hybridized carbons (Fsp3) is 0.571. The van der Waals surface area contributed by atoms with Crippen molar-refractivity contribution in [2.24, 2.45) is 5.73 Å². The first kappa shape index (κ1) is 14.6. The van der Waals surface area contributed by atoms with E-state index in [9.17, 15) is 14.9 Å². The van der Waals surface area contributed by atoms with Crippen LogP contribution in [0.1, 0.15) is 30.5 Å². The minimum atomic E-state index is -0.804.